The first-order chi connectivity index (χ1) is 5.83. The predicted molar refractivity (Wildman–Crippen MR) is 43.5 cm³/mol. The maximum Gasteiger partial charge on any atom is 0.332 e. The zero-order valence-electron chi connectivity index (χ0n) is 7.13. The average Bonchev–Trinajstić information content (AvgIpc) is 2.06. The highest BCUT2D eigenvalue weighted by molar-refractivity contribution is 5.82. The lowest BCUT2D eigenvalue weighted by molar-refractivity contribution is -0.137. The lowest BCUT2D eigenvalue weighted by Crippen LogP contribution is -2.29. The fourth-order valence-corrected chi connectivity index (χ4v) is 0.936. The van der Waals surface area contributed by atoms with Crippen LogP contribution >= 0.6 is 0 Å². The van der Waals surface area contributed by atoms with E-state index in [-0.39, 0.29) is 5.97 Å². The number of morpholine rings is 1. The van der Waals surface area contributed by atoms with E-state index in [1.54, 1.807) is 6.92 Å². The van der Waals surface area contributed by atoms with E-state index in [4.69, 9.17) is 9.47 Å². The average molecular weight is 171 g/mol. The molecule has 12 heavy (non-hydrogen) atoms. The summed E-state index contributed by atoms with van der Waals surface area (Å²) in [5.41, 5.74) is 0.791. The van der Waals surface area contributed by atoms with Crippen LogP contribution < -0.4 is 5.32 Å². The first-order valence-corrected chi connectivity index (χ1v) is 4.02. The molecular formula is C8H13NO3. The van der Waals surface area contributed by atoms with Gasteiger partial charge in [0.05, 0.1) is 19.8 Å². The molecule has 1 N–H and O–H groups in total. The normalized spacial score (nSPS) is 20.2. The van der Waals surface area contributed by atoms with Crippen LogP contribution in [0.1, 0.15) is 6.92 Å². The Balaban J connectivity index is 2.37. The molecule has 1 aliphatic heterocycles. The van der Waals surface area contributed by atoms with Crippen molar-refractivity contribution >= 4 is 5.97 Å². The number of rotatable bonds is 2. The Hall–Kier alpha value is -1.03. The third-order valence-electron chi connectivity index (χ3n) is 1.43. The number of ether oxygens (including phenoxy) is 2. The van der Waals surface area contributed by atoms with E-state index in [9.17, 15) is 4.79 Å². The van der Waals surface area contributed by atoms with Crippen LogP contribution in [0.25, 0.3) is 0 Å². The summed E-state index contributed by atoms with van der Waals surface area (Å²) >= 11 is 0. The third-order valence-corrected chi connectivity index (χ3v) is 1.43. The SMILES string of the molecule is CCOC(=O)C=C1COCCN1. The summed E-state index contributed by atoms with van der Waals surface area (Å²) in [6, 6.07) is 0. The predicted octanol–water partition coefficient (Wildman–Crippen LogP) is 0.0532. The van der Waals surface area contributed by atoms with Gasteiger partial charge in [0.2, 0.25) is 0 Å². The quantitative estimate of drug-likeness (QED) is 0.471. The molecule has 0 bridgehead atoms. The van der Waals surface area contributed by atoms with Crippen molar-refractivity contribution in [2.45, 2.75) is 6.92 Å². The van der Waals surface area contributed by atoms with Crippen LogP contribution in [0.4, 0.5) is 0 Å². The fraction of sp³-hybridized carbons (Fsp3) is 0.625. The van der Waals surface area contributed by atoms with Crippen LogP contribution in [0.2, 0.25) is 0 Å². The second-order valence-electron chi connectivity index (χ2n) is 2.40. The molecule has 0 aliphatic carbocycles. The van der Waals surface area contributed by atoms with Crippen molar-refractivity contribution in [2.24, 2.45) is 0 Å². The Labute approximate surface area is 71.5 Å². The Bertz CT molecular complexity index is 181. The molecule has 0 aromatic rings. The van der Waals surface area contributed by atoms with Gasteiger partial charge in [-0.1, -0.05) is 0 Å². The molecule has 4 heteroatoms. The Morgan fingerprint density at radius 1 is 1.83 bits per heavy atom. The van der Waals surface area contributed by atoms with Gasteiger partial charge in [-0.3, -0.25) is 0 Å². The Morgan fingerprint density at radius 2 is 2.67 bits per heavy atom. The van der Waals surface area contributed by atoms with Crippen molar-refractivity contribution < 1.29 is 14.3 Å². The minimum absolute atomic E-state index is 0.314. The van der Waals surface area contributed by atoms with E-state index in [1.807, 2.05) is 0 Å². The molecule has 1 saturated heterocycles. The summed E-state index contributed by atoms with van der Waals surface area (Å²) in [4.78, 5) is 10.9. The number of hydrogen-bond donors (Lipinski definition) is 1. The molecule has 4 nitrogen and oxygen atoms in total. The van der Waals surface area contributed by atoms with Crippen molar-refractivity contribution in [3.8, 4) is 0 Å². The van der Waals surface area contributed by atoms with Crippen molar-refractivity contribution in [1.29, 1.82) is 0 Å². The van der Waals surface area contributed by atoms with Crippen molar-refractivity contribution in [1.82, 2.24) is 5.32 Å². The summed E-state index contributed by atoms with van der Waals surface area (Å²) < 4.78 is 9.86. The first kappa shape index (κ1) is 9.06. The molecule has 0 spiro atoms. The molecule has 0 saturated carbocycles. The van der Waals surface area contributed by atoms with Gasteiger partial charge in [0, 0.05) is 18.3 Å². The zero-order chi connectivity index (χ0) is 8.81. The van der Waals surface area contributed by atoms with Gasteiger partial charge in [-0.15, -0.1) is 0 Å². The van der Waals surface area contributed by atoms with Crippen LogP contribution in [0, 0.1) is 0 Å². The van der Waals surface area contributed by atoms with Gasteiger partial charge in [0.15, 0.2) is 0 Å². The minimum Gasteiger partial charge on any atom is -0.463 e. The first-order valence-electron chi connectivity index (χ1n) is 4.02. The molecule has 0 radical (unpaired) electrons. The van der Waals surface area contributed by atoms with E-state index in [1.165, 1.54) is 6.08 Å². The standard InChI is InChI=1S/C8H13NO3/c1-2-12-8(10)5-7-6-11-4-3-9-7/h5,9H,2-4,6H2,1H3. The molecule has 1 rings (SSSR count). The molecule has 0 amide bonds. The lowest BCUT2D eigenvalue weighted by Gasteiger charge is -2.16. The Kier molecular flexibility index (Phi) is 3.60. The summed E-state index contributed by atoms with van der Waals surface area (Å²) in [7, 11) is 0. The maximum absolute atomic E-state index is 10.9. The van der Waals surface area contributed by atoms with Gasteiger partial charge in [-0.2, -0.15) is 0 Å². The van der Waals surface area contributed by atoms with E-state index in [0.29, 0.717) is 19.8 Å². The lowest BCUT2D eigenvalue weighted by atomic mass is 10.3. The highest BCUT2D eigenvalue weighted by Crippen LogP contribution is 1.97. The number of carbonyl (C=O) groups is 1. The number of carbonyl (C=O) groups excluding carboxylic acids is 1. The largest absolute Gasteiger partial charge is 0.463 e. The van der Waals surface area contributed by atoms with E-state index in [2.05, 4.69) is 5.32 Å². The van der Waals surface area contributed by atoms with Gasteiger partial charge >= 0.3 is 5.97 Å². The van der Waals surface area contributed by atoms with Crippen LogP contribution in [0.15, 0.2) is 11.8 Å². The number of nitrogens with one attached hydrogen (secondary N) is 1. The van der Waals surface area contributed by atoms with Crippen molar-refractivity contribution in [3.63, 3.8) is 0 Å². The van der Waals surface area contributed by atoms with Gasteiger partial charge in [-0.25, -0.2) is 4.79 Å². The summed E-state index contributed by atoms with van der Waals surface area (Å²) in [5.74, 6) is -0.314. The highest BCUT2D eigenvalue weighted by atomic mass is 16.5. The monoisotopic (exact) mass is 171 g/mol. The molecule has 0 unspecified atom stereocenters. The zero-order valence-corrected chi connectivity index (χ0v) is 7.13. The topological polar surface area (TPSA) is 47.6 Å². The molecule has 0 aromatic heterocycles. The molecule has 68 valence electrons. The molecule has 0 aromatic carbocycles. The summed E-state index contributed by atoms with van der Waals surface area (Å²) in [6.07, 6.45) is 1.43. The number of hydrogen-bond acceptors (Lipinski definition) is 4. The summed E-state index contributed by atoms with van der Waals surface area (Å²) in [6.45, 7) is 4.11. The van der Waals surface area contributed by atoms with Gasteiger partial charge in [0.1, 0.15) is 0 Å². The second kappa shape index (κ2) is 4.77. The van der Waals surface area contributed by atoms with Crippen LogP contribution in [-0.2, 0) is 14.3 Å². The highest BCUT2D eigenvalue weighted by Gasteiger charge is 2.06. The molecular weight excluding hydrogens is 158 g/mol. The van der Waals surface area contributed by atoms with E-state index < -0.39 is 0 Å². The van der Waals surface area contributed by atoms with Crippen LogP contribution in [0.5, 0.6) is 0 Å². The van der Waals surface area contributed by atoms with Gasteiger partial charge < -0.3 is 14.8 Å². The van der Waals surface area contributed by atoms with Gasteiger partial charge in [-0.05, 0) is 6.92 Å². The molecule has 0 atom stereocenters. The Morgan fingerprint density at radius 3 is 3.25 bits per heavy atom. The smallest absolute Gasteiger partial charge is 0.332 e. The summed E-state index contributed by atoms with van der Waals surface area (Å²) in [5, 5.41) is 3.04. The van der Waals surface area contributed by atoms with Crippen molar-refractivity contribution in [3.05, 3.63) is 11.8 Å². The minimum atomic E-state index is -0.314. The van der Waals surface area contributed by atoms with E-state index in [0.717, 1.165) is 12.2 Å². The van der Waals surface area contributed by atoms with Gasteiger partial charge in [0.25, 0.3) is 0 Å². The maximum atomic E-state index is 10.9. The van der Waals surface area contributed by atoms with Crippen molar-refractivity contribution in [2.75, 3.05) is 26.4 Å². The molecule has 1 fully saturated rings. The van der Waals surface area contributed by atoms with E-state index >= 15 is 0 Å². The molecule has 1 heterocycles. The number of esters is 1. The molecule has 1 aliphatic rings. The second-order valence-corrected chi connectivity index (χ2v) is 2.40. The fourth-order valence-electron chi connectivity index (χ4n) is 0.936. The third kappa shape index (κ3) is 2.92. The van der Waals surface area contributed by atoms with Crippen LogP contribution in [0.3, 0.4) is 0 Å². The van der Waals surface area contributed by atoms with Crippen LogP contribution in [-0.4, -0.2) is 32.3 Å².